The summed E-state index contributed by atoms with van der Waals surface area (Å²) in [4.78, 5) is 20.9. The van der Waals surface area contributed by atoms with Gasteiger partial charge in [0.1, 0.15) is 0 Å². The lowest BCUT2D eigenvalue weighted by molar-refractivity contribution is -0.149. The summed E-state index contributed by atoms with van der Waals surface area (Å²) in [7, 11) is 1.38. The zero-order valence-electron chi connectivity index (χ0n) is 13.9. The molecule has 0 aromatic heterocycles. The lowest BCUT2D eigenvalue weighted by Gasteiger charge is -2.13. The van der Waals surface area contributed by atoms with Gasteiger partial charge in [-0.2, -0.15) is 0 Å². The maximum Gasteiger partial charge on any atom is 0.337 e. The Bertz CT molecular complexity index is 461. The second-order valence-electron chi connectivity index (χ2n) is 5.69. The Morgan fingerprint density at radius 2 is 1.74 bits per heavy atom. The summed E-state index contributed by atoms with van der Waals surface area (Å²) in [6, 6.07) is 8.84. The Morgan fingerprint density at radius 1 is 1.17 bits per heavy atom. The van der Waals surface area contributed by atoms with Crippen LogP contribution >= 0.6 is 0 Å². The average Bonchev–Trinajstić information content (AvgIpc) is 2.47. The third-order valence-corrected chi connectivity index (χ3v) is 3.16. The van der Waals surface area contributed by atoms with Gasteiger partial charge >= 0.3 is 11.9 Å². The van der Waals surface area contributed by atoms with Crippen molar-refractivity contribution in [2.24, 2.45) is 17.6 Å². The molecule has 1 rings (SSSR count). The number of carboxylic acid groups (broad SMARTS) is 2. The molecule has 0 fully saturated rings. The van der Waals surface area contributed by atoms with Crippen LogP contribution in [0.15, 0.2) is 30.3 Å². The normalized spacial score (nSPS) is 12.9. The van der Waals surface area contributed by atoms with E-state index in [0.717, 1.165) is 6.42 Å². The fourth-order valence-electron chi connectivity index (χ4n) is 2.18. The molecule has 0 aliphatic heterocycles. The standard InChI is InChI=1S/C9H10O3.C8H17NO2/c1-12-8(9(10)11)7-5-3-2-4-6-7;1-6(2)3-7(5-9)4-8(10)11/h2-6,8H,1H3,(H,10,11);6-7H,3-5,9H2,1-2H3,(H,10,11)/t;7-/m.0/s1. The van der Waals surface area contributed by atoms with Crippen LogP contribution in [-0.2, 0) is 14.3 Å². The van der Waals surface area contributed by atoms with Gasteiger partial charge in [-0.15, -0.1) is 0 Å². The first kappa shape index (κ1) is 21.1. The highest BCUT2D eigenvalue weighted by Gasteiger charge is 2.17. The monoisotopic (exact) mass is 325 g/mol. The molecule has 6 heteroatoms. The van der Waals surface area contributed by atoms with Gasteiger partial charge in [0.2, 0.25) is 0 Å². The van der Waals surface area contributed by atoms with E-state index >= 15 is 0 Å². The molecule has 1 aromatic rings. The van der Waals surface area contributed by atoms with Crippen molar-refractivity contribution in [2.45, 2.75) is 32.8 Å². The van der Waals surface area contributed by atoms with Crippen molar-refractivity contribution >= 4 is 11.9 Å². The van der Waals surface area contributed by atoms with Crippen LogP contribution in [0.4, 0.5) is 0 Å². The average molecular weight is 325 g/mol. The molecule has 0 saturated carbocycles. The van der Waals surface area contributed by atoms with Crippen LogP contribution in [0, 0.1) is 11.8 Å². The highest BCUT2D eigenvalue weighted by molar-refractivity contribution is 5.74. The summed E-state index contributed by atoms with van der Waals surface area (Å²) in [6.45, 7) is 4.62. The lowest BCUT2D eigenvalue weighted by Crippen LogP contribution is -2.19. The molecule has 130 valence electrons. The number of nitrogens with two attached hydrogens (primary N) is 1. The third kappa shape index (κ3) is 9.65. The number of hydrogen-bond acceptors (Lipinski definition) is 4. The molecule has 0 aliphatic carbocycles. The lowest BCUT2D eigenvalue weighted by atomic mass is 9.94. The Hall–Kier alpha value is -1.92. The Balaban J connectivity index is 0.000000423. The Kier molecular flexibility index (Phi) is 10.7. The minimum Gasteiger partial charge on any atom is -0.481 e. The molecule has 1 aromatic carbocycles. The Labute approximate surface area is 137 Å². The van der Waals surface area contributed by atoms with E-state index in [-0.39, 0.29) is 12.3 Å². The van der Waals surface area contributed by atoms with E-state index in [4.69, 9.17) is 20.7 Å². The van der Waals surface area contributed by atoms with Gasteiger partial charge < -0.3 is 20.7 Å². The highest BCUT2D eigenvalue weighted by Crippen LogP contribution is 2.15. The topological polar surface area (TPSA) is 110 Å². The predicted molar refractivity (Wildman–Crippen MR) is 88.1 cm³/mol. The van der Waals surface area contributed by atoms with Crippen molar-refractivity contribution in [3.8, 4) is 0 Å². The van der Waals surface area contributed by atoms with E-state index in [0.29, 0.717) is 18.0 Å². The molecule has 23 heavy (non-hydrogen) atoms. The van der Waals surface area contributed by atoms with Crippen molar-refractivity contribution in [1.29, 1.82) is 0 Å². The smallest absolute Gasteiger partial charge is 0.337 e. The molecule has 6 nitrogen and oxygen atoms in total. The van der Waals surface area contributed by atoms with Gasteiger partial charge in [-0.3, -0.25) is 4.79 Å². The van der Waals surface area contributed by atoms with Gasteiger partial charge in [-0.1, -0.05) is 44.2 Å². The van der Waals surface area contributed by atoms with Crippen molar-refractivity contribution in [3.63, 3.8) is 0 Å². The first-order valence-corrected chi connectivity index (χ1v) is 7.54. The highest BCUT2D eigenvalue weighted by atomic mass is 16.5. The number of carbonyl (C=O) groups is 2. The number of methoxy groups -OCH3 is 1. The van der Waals surface area contributed by atoms with Gasteiger partial charge in [-0.05, 0) is 30.4 Å². The van der Waals surface area contributed by atoms with Crippen molar-refractivity contribution < 1.29 is 24.5 Å². The van der Waals surface area contributed by atoms with E-state index in [1.165, 1.54) is 7.11 Å². The van der Waals surface area contributed by atoms with Crippen molar-refractivity contribution in [2.75, 3.05) is 13.7 Å². The summed E-state index contributed by atoms with van der Waals surface area (Å²) in [5, 5.41) is 17.2. The van der Waals surface area contributed by atoms with E-state index < -0.39 is 18.0 Å². The predicted octanol–water partition coefficient (Wildman–Crippen LogP) is 2.54. The maximum atomic E-state index is 10.6. The Morgan fingerprint density at radius 3 is 2.09 bits per heavy atom. The summed E-state index contributed by atoms with van der Waals surface area (Å²) in [5.41, 5.74) is 6.07. The fraction of sp³-hybridized carbons (Fsp3) is 0.529. The molecule has 1 unspecified atom stereocenters. The van der Waals surface area contributed by atoms with Crippen LogP contribution in [0.3, 0.4) is 0 Å². The summed E-state index contributed by atoms with van der Waals surface area (Å²) in [5.74, 6) is -1.04. The number of carboxylic acids is 2. The van der Waals surface area contributed by atoms with Crippen LogP contribution in [0.5, 0.6) is 0 Å². The molecular formula is C17H27NO5. The molecule has 0 bridgehead atoms. The fourth-order valence-corrected chi connectivity index (χ4v) is 2.18. The van der Waals surface area contributed by atoms with Crippen molar-refractivity contribution in [1.82, 2.24) is 0 Å². The second-order valence-corrected chi connectivity index (χ2v) is 5.69. The van der Waals surface area contributed by atoms with Crippen molar-refractivity contribution in [3.05, 3.63) is 35.9 Å². The van der Waals surface area contributed by atoms with Crippen LogP contribution in [-0.4, -0.2) is 35.8 Å². The largest absolute Gasteiger partial charge is 0.481 e. The zero-order valence-corrected chi connectivity index (χ0v) is 13.9. The van der Waals surface area contributed by atoms with Crippen LogP contribution < -0.4 is 5.73 Å². The molecule has 0 radical (unpaired) electrons. The molecule has 0 spiro atoms. The number of rotatable bonds is 8. The molecule has 2 atom stereocenters. The van der Waals surface area contributed by atoms with Gasteiger partial charge in [-0.25, -0.2) is 4.79 Å². The van der Waals surface area contributed by atoms with E-state index in [1.807, 2.05) is 6.07 Å². The van der Waals surface area contributed by atoms with E-state index in [2.05, 4.69) is 13.8 Å². The number of hydrogen-bond donors (Lipinski definition) is 3. The minimum atomic E-state index is -0.969. The molecular weight excluding hydrogens is 298 g/mol. The molecule has 0 heterocycles. The van der Waals surface area contributed by atoms with Gasteiger partial charge in [0.25, 0.3) is 0 Å². The van der Waals surface area contributed by atoms with Gasteiger partial charge in [0.05, 0.1) is 0 Å². The minimum absolute atomic E-state index is 0.146. The first-order valence-electron chi connectivity index (χ1n) is 7.54. The first-order chi connectivity index (χ1) is 10.8. The molecule has 0 amide bonds. The third-order valence-electron chi connectivity index (χ3n) is 3.16. The van der Waals surface area contributed by atoms with E-state index in [1.54, 1.807) is 24.3 Å². The van der Waals surface area contributed by atoms with Crippen LogP contribution in [0.1, 0.15) is 38.4 Å². The summed E-state index contributed by atoms with van der Waals surface area (Å²) >= 11 is 0. The van der Waals surface area contributed by atoms with Crippen LogP contribution in [0.25, 0.3) is 0 Å². The molecule has 0 saturated heterocycles. The summed E-state index contributed by atoms with van der Waals surface area (Å²) in [6.07, 6.45) is 0.253. The van der Waals surface area contributed by atoms with Gasteiger partial charge in [0, 0.05) is 13.5 Å². The van der Waals surface area contributed by atoms with E-state index in [9.17, 15) is 9.59 Å². The quantitative estimate of drug-likeness (QED) is 0.677. The SMILES string of the molecule is CC(C)C[C@H](CN)CC(=O)O.COC(C(=O)O)c1ccccc1. The molecule has 0 aliphatic rings. The maximum absolute atomic E-state index is 10.6. The molecule has 4 N–H and O–H groups in total. The van der Waals surface area contributed by atoms with Gasteiger partial charge in [0.15, 0.2) is 6.10 Å². The number of ether oxygens (including phenoxy) is 1. The van der Waals surface area contributed by atoms with Crippen LogP contribution in [0.2, 0.25) is 0 Å². The number of aliphatic carboxylic acids is 2. The zero-order chi connectivity index (χ0) is 17.8. The second kappa shape index (κ2) is 11.6. The summed E-state index contributed by atoms with van der Waals surface area (Å²) < 4.78 is 4.80. The number of benzene rings is 1.